The maximum atomic E-state index is 12.8. The Balaban J connectivity index is 1.75. The zero-order chi connectivity index (χ0) is 17.9. The van der Waals surface area contributed by atoms with Crippen LogP contribution in [0.3, 0.4) is 0 Å². The average Bonchev–Trinajstić information content (AvgIpc) is 3.11. The molecule has 1 fully saturated rings. The van der Waals surface area contributed by atoms with Gasteiger partial charge in [-0.3, -0.25) is 4.18 Å². The number of benzene rings is 2. The Morgan fingerprint density at radius 3 is 2.04 bits per heavy atom. The van der Waals surface area contributed by atoms with E-state index in [4.69, 9.17) is 4.18 Å². The van der Waals surface area contributed by atoms with E-state index in [9.17, 15) is 16.8 Å². The molecule has 0 spiro atoms. The van der Waals surface area contributed by atoms with Crippen molar-refractivity contribution in [3.05, 3.63) is 60.7 Å². The summed E-state index contributed by atoms with van der Waals surface area (Å²) in [4.78, 5) is 0.262. The summed E-state index contributed by atoms with van der Waals surface area (Å²) < 4.78 is 56.4. The second-order valence-corrected chi connectivity index (χ2v) is 9.28. The van der Waals surface area contributed by atoms with Gasteiger partial charge in [-0.05, 0) is 37.1 Å². The van der Waals surface area contributed by atoms with Crippen LogP contribution in [0.15, 0.2) is 70.5 Å². The third kappa shape index (κ3) is 3.92. The van der Waals surface area contributed by atoms with Crippen LogP contribution in [0.1, 0.15) is 12.8 Å². The topological polar surface area (TPSA) is 80.8 Å². The van der Waals surface area contributed by atoms with E-state index in [2.05, 4.69) is 0 Å². The third-order valence-corrected chi connectivity index (χ3v) is 7.38. The Bertz CT molecular complexity index is 912. The van der Waals surface area contributed by atoms with Gasteiger partial charge in [0, 0.05) is 6.54 Å². The molecular formula is C17H19NO5S2. The second-order valence-electron chi connectivity index (χ2n) is 5.78. The highest BCUT2D eigenvalue weighted by atomic mass is 32.2. The minimum atomic E-state index is -3.90. The Morgan fingerprint density at radius 1 is 0.880 bits per heavy atom. The summed E-state index contributed by atoms with van der Waals surface area (Å²) in [5.41, 5.74) is 0. The molecule has 0 radical (unpaired) electrons. The maximum absolute atomic E-state index is 12.8. The maximum Gasteiger partial charge on any atom is 0.297 e. The lowest BCUT2D eigenvalue weighted by Gasteiger charge is -2.23. The quantitative estimate of drug-likeness (QED) is 0.717. The van der Waals surface area contributed by atoms with Gasteiger partial charge < -0.3 is 0 Å². The largest absolute Gasteiger partial charge is 0.297 e. The van der Waals surface area contributed by atoms with Crippen molar-refractivity contribution in [3.8, 4) is 0 Å². The lowest BCUT2D eigenvalue weighted by Crippen LogP contribution is -2.38. The molecule has 1 atom stereocenters. The summed E-state index contributed by atoms with van der Waals surface area (Å²) in [6.07, 6.45) is 1.24. The van der Waals surface area contributed by atoms with Gasteiger partial charge in [0.25, 0.3) is 10.1 Å². The minimum Gasteiger partial charge on any atom is -0.265 e. The third-order valence-electron chi connectivity index (χ3n) is 4.12. The normalized spacial score (nSPS) is 19.1. The number of nitrogens with zero attached hydrogens (tertiary/aromatic N) is 1. The van der Waals surface area contributed by atoms with Crippen LogP contribution in [-0.4, -0.2) is 40.3 Å². The van der Waals surface area contributed by atoms with E-state index in [-0.39, 0.29) is 16.4 Å². The van der Waals surface area contributed by atoms with E-state index in [0.29, 0.717) is 19.4 Å². The Kier molecular flexibility index (Phi) is 5.24. The molecule has 1 aliphatic heterocycles. The van der Waals surface area contributed by atoms with E-state index < -0.39 is 26.2 Å². The molecule has 0 aromatic heterocycles. The lowest BCUT2D eigenvalue weighted by atomic mass is 10.2. The first-order chi connectivity index (χ1) is 11.9. The van der Waals surface area contributed by atoms with Crippen LogP contribution in [0.5, 0.6) is 0 Å². The molecule has 3 rings (SSSR count). The fourth-order valence-corrected chi connectivity index (χ4v) is 5.51. The molecular weight excluding hydrogens is 362 g/mol. The number of rotatable bonds is 6. The van der Waals surface area contributed by atoms with Crippen LogP contribution in [0.4, 0.5) is 0 Å². The summed E-state index contributed by atoms with van der Waals surface area (Å²) in [5.74, 6) is 0. The first-order valence-corrected chi connectivity index (χ1v) is 10.8. The fourth-order valence-electron chi connectivity index (χ4n) is 2.84. The van der Waals surface area contributed by atoms with E-state index in [0.717, 1.165) is 0 Å². The fraction of sp³-hybridized carbons (Fsp3) is 0.294. The summed E-state index contributed by atoms with van der Waals surface area (Å²) in [7, 11) is -7.56. The molecule has 0 N–H and O–H groups in total. The van der Waals surface area contributed by atoms with Gasteiger partial charge in [0.2, 0.25) is 10.0 Å². The molecule has 0 saturated carbocycles. The van der Waals surface area contributed by atoms with Crippen LogP contribution in [-0.2, 0) is 24.3 Å². The zero-order valence-corrected chi connectivity index (χ0v) is 15.1. The van der Waals surface area contributed by atoms with Gasteiger partial charge in [-0.2, -0.15) is 12.7 Å². The molecule has 2 aromatic rings. The Morgan fingerprint density at radius 2 is 1.44 bits per heavy atom. The summed E-state index contributed by atoms with van der Waals surface area (Å²) in [5, 5.41) is 0. The van der Waals surface area contributed by atoms with Crippen molar-refractivity contribution in [1.82, 2.24) is 4.31 Å². The molecule has 134 valence electrons. The highest BCUT2D eigenvalue weighted by molar-refractivity contribution is 7.89. The van der Waals surface area contributed by atoms with Crippen LogP contribution < -0.4 is 0 Å². The first kappa shape index (κ1) is 18.1. The van der Waals surface area contributed by atoms with E-state index >= 15 is 0 Å². The molecule has 1 heterocycles. The first-order valence-electron chi connectivity index (χ1n) is 7.93. The SMILES string of the molecule is O=S(=O)(OC[C@@H]1CCCN1S(=O)(=O)c1ccccc1)c1ccccc1. The smallest absolute Gasteiger partial charge is 0.265 e. The average molecular weight is 381 g/mol. The van der Waals surface area contributed by atoms with E-state index in [1.807, 2.05) is 0 Å². The van der Waals surface area contributed by atoms with Gasteiger partial charge in [-0.15, -0.1) is 0 Å². The Labute approximate surface area is 148 Å². The van der Waals surface area contributed by atoms with Crippen LogP contribution in [0.25, 0.3) is 0 Å². The van der Waals surface area contributed by atoms with Crippen molar-refractivity contribution < 1.29 is 21.0 Å². The number of hydrogen-bond acceptors (Lipinski definition) is 5. The number of hydrogen-bond donors (Lipinski definition) is 0. The Hall–Kier alpha value is -1.74. The van der Waals surface area contributed by atoms with Crippen molar-refractivity contribution in [2.75, 3.05) is 13.2 Å². The van der Waals surface area contributed by atoms with Crippen LogP contribution in [0, 0.1) is 0 Å². The van der Waals surface area contributed by atoms with Crippen molar-refractivity contribution in [2.24, 2.45) is 0 Å². The van der Waals surface area contributed by atoms with Gasteiger partial charge in [-0.25, -0.2) is 8.42 Å². The van der Waals surface area contributed by atoms with Gasteiger partial charge >= 0.3 is 0 Å². The highest BCUT2D eigenvalue weighted by Gasteiger charge is 2.36. The number of sulfonamides is 1. The molecule has 0 aliphatic carbocycles. The predicted octanol–water partition coefficient (Wildman–Crippen LogP) is 2.25. The van der Waals surface area contributed by atoms with Gasteiger partial charge in [0.1, 0.15) is 0 Å². The van der Waals surface area contributed by atoms with Crippen molar-refractivity contribution in [3.63, 3.8) is 0 Å². The minimum absolute atomic E-state index is 0.0606. The van der Waals surface area contributed by atoms with Crippen molar-refractivity contribution >= 4 is 20.1 Å². The van der Waals surface area contributed by atoms with E-state index in [1.54, 1.807) is 36.4 Å². The van der Waals surface area contributed by atoms with Gasteiger partial charge in [-0.1, -0.05) is 36.4 Å². The molecule has 6 nitrogen and oxygen atoms in total. The predicted molar refractivity (Wildman–Crippen MR) is 92.9 cm³/mol. The molecule has 1 aliphatic rings. The summed E-state index contributed by atoms with van der Waals surface area (Å²) in [6, 6.07) is 15.5. The molecule has 0 amide bonds. The van der Waals surface area contributed by atoms with Crippen LogP contribution in [0.2, 0.25) is 0 Å². The summed E-state index contributed by atoms with van der Waals surface area (Å²) in [6.45, 7) is 0.167. The monoisotopic (exact) mass is 381 g/mol. The van der Waals surface area contributed by atoms with E-state index in [1.165, 1.54) is 28.6 Å². The van der Waals surface area contributed by atoms with Gasteiger partial charge in [0.15, 0.2) is 0 Å². The van der Waals surface area contributed by atoms with Crippen molar-refractivity contribution in [1.29, 1.82) is 0 Å². The van der Waals surface area contributed by atoms with Crippen LogP contribution >= 0.6 is 0 Å². The second kappa shape index (κ2) is 7.25. The lowest BCUT2D eigenvalue weighted by molar-refractivity contribution is 0.237. The molecule has 0 bridgehead atoms. The van der Waals surface area contributed by atoms with Gasteiger partial charge in [0.05, 0.1) is 22.4 Å². The molecule has 8 heteroatoms. The summed E-state index contributed by atoms with van der Waals surface area (Å²) >= 11 is 0. The molecule has 2 aromatic carbocycles. The molecule has 0 unspecified atom stereocenters. The van der Waals surface area contributed by atoms with Crippen molar-refractivity contribution in [2.45, 2.75) is 28.7 Å². The standard InChI is InChI=1S/C17H19NO5S2/c19-24(20,16-9-3-1-4-10-16)18-13-7-8-15(18)14-23-25(21,22)17-11-5-2-6-12-17/h1-6,9-12,15H,7-8,13-14H2/t15-/m0/s1. The molecule has 1 saturated heterocycles. The molecule has 25 heavy (non-hydrogen) atoms. The highest BCUT2D eigenvalue weighted by Crippen LogP contribution is 2.27. The zero-order valence-electron chi connectivity index (χ0n) is 13.5.